The average Bonchev–Trinajstić information content (AvgIpc) is 3.21. The Labute approximate surface area is 158 Å². The van der Waals surface area contributed by atoms with Gasteiger partial charge in [0.15, 0.2) is 11.6 Å². The number of carbonyl (C=O) groups excluding carboxylic acids is 1. The van der Waals surface area contributed by atoms with Crippen molar-refractivity contribution in [2.24, 2.45) is 0 Å². The largest absolute Gasteiger partial charge is 0.494 e. The summed E-state index contributed by atoms with van der Waals surface area (Å²) in [6.45, 7) is 1.97. The first-order valence-electron chi connectivity index (χ1n) is 9.09. The molecule has 1 fully saturated rings. The van der Waals surface area contributed by atoms with Gasteiger partial charge in [-0.2, -0.15) is 0 Å². The van der Waals surface area contributed by atoms with Crippen LogP contribution in [-0.2, 0) is 4.74 Å². The van der Waals surface area contributed by atoms with Crippen LogP contribution < -0.4 is 9.47 Å². The maximum absolute atomic E-state index is 13.7. The molecule has 0 saturated carbocycles. The third-order valence-corrected chi connectivity index (χ3v) is 4.51. The van der Waals surface area contributed by atoms with Crippen LogP contribution in [0.3, 0.4) is 0 Å². The van der Waals surface area contributed by atoms with Crippen molar-refractivity contribution in [2.45, 2.75) is 18.9 Å². The third kappa shape index (κ3) is 5.20. The van der Waals surface area contributed by atoms with Gasteiger partial charge in [0, 0.05) is 18.7 Å². The zero-order chi connectivity index (χ0) is 19.1. The van der Waals surface area contributed by atoms with E-state index >= 15 is 0 Å². The number of rotatable bonds is 8. The summed E-state index contributed by atoms with van der Waals surface area (Å²) in [6, 6.07) is 13.6. The van der Waals surface area contributed by atoms with Gasteiger partial charge in [-0.25, -0.2) is 4.39 Å². The molecule has 0 aliphatic carbocycles. The number of hydrogen-bond donors (Lipinski definition) is 0. The van der Waals surface area contributed by atoms with Gasteiger partial charge in [-0.1, -0.05) is 18.2 Å². The van der Waals surface area contributed by atoms with Crippen molar-refractivity contribution >= 4 is 5.91 Å². The first kappa shape index (κ1) is 19.2. The summed E-state index contributed by atoms with van der Waals surface area (Å²) in [6.07, 6.45) is 1.95. The molecule has 3 rings (SSSR count). The second-order valence-corrected chi connectivity index (χ2v) is 6.40. The normalized spacial score (nSPS) is 16.1. The van der Waals surface area contributed by atoms with Gasteiger partial charge in [-0.05, 0) is 43.2 Å². The number of carbonyl (C=O) groups is 1. The van der Waals surface area contributed by atoms with Crippen LogP contribution in [-0.4, -0.2) is 50.3 Å². The highest BCUT2D eigenvalue weighted by Gasteiger charge is 2.24. The average molecular weight is 373 g/mol. The van der Waals surface area contributed by atoms with Crippen LogP contribution >= 0.6 is 0 Å². The van der Waals surface area contributed by atoms with Crippen molar-refractivity contribution < 1.29 is 23.4 Å². The van der Waals surface area contributed by atoms with Crippen LogP contribution in [0, 0.1) is 5.82 Å². The summed E-state index contributed by atoms with van der Waals surface area (Å²) in [4.78, 5) is 14.7. The number of para-hydroxylation sites is 1. The quantitative estimate of drug-likeness (QED) is 0.710. The molecule has 1 saturated heterocycles. The Kier molecular flexibility index (Phi) is 6.65. The van der Waals surface area contributed by atoms with Gasteiger partial charge in [0.05, 0.1) is 19.8 Å². The van der Waals surface area contributed by atoms with E-state index in [2.05, 4.69) is 0 Å². The summed E-state index contributed by atoms with van der Waals surface area (Å²) in [7, 11) is 1.38. The van der Waals surface area contributed by atoms with Crippen molar-refractivity contribution in [2.75, 3.05) is 33.4 Å². The van der Waals surface area contributed by atoms with E-state index < -0.39 is 5.82 Å². The first-order valence-corrected chi connectivity index (χ1v) is 9.09. The molecule has 5 nitrogen and oxygen atoms in total. The number of benzene rings is 2. The van der Waals surface area contributed by atoms with Gasteiger partial charge < -0.3 is 19.1 Å². The fourth-order valence-corrected chi connectivity index (χ4v) is 3.08. The van der Waals surface area contributed by atoms with E-state index in [1.54, 1.807) is 4.90 Å². The Morgan fingerprint density at radius 3 is 2.78 bits per heavy atom. The molecule has 1 amide bonds. The monoisotopic (exact) mass is 373 g/mol. The van der Waals surface area contributed by atoms with Crippen molar-refractivity contribution in [3.63, 3.8) is 0 Å². The van der Waals surface area contributed by atoms with Gasteiger partial charge >= 0.3 is 0 Å². The molecule has 1 aliphatic heterocycles. The van der Waals surface area contributed by atoms with E-state index in [-0.39, 0.29) is 17.8 Å². The molecule has 2 aromatic carbocycles. The van der Waals surface area contributed by atoms with Crippen LogP contribution in [0.25, 0.3) is 0 Å². The van der Waals surface area contributed by atoms with Crippen molar-refractivity contribution in [3.05, 3.63) is 59.9 Å². The Balaban J connectivity index is 1.69. The standard InChI is InChI=1S/C21H24FNO4/c1-25-20-14-16(9-10-19(20)22)21(24)23(15-18-8-5-12-26-18)11-13-27-17-6-3-2-4-7-17/h2-4,6-7,9-10,14,18H,5,8,11-13,15H2,1H3. The molecular formula is C21H24FNO4. The summed E-state index contributed by atoms with van der Waals surface area (Å²) >= 11 is 0. The molecule has 6 heteroatoms. The highest BCUT2D eigenvalue weighted by atomic mass is 19.1. The molecule has 0 N–H and O–H groups in total. The lowest BCUT2D eigenvalue weighted by Gasteiger charge is -2.26. The molecule has 1 atom stereocenters. The molecule has 0 radical (unpaired) electrons. The van der Waals surface area contributed by atoms with E-state index in [9.17, 15) is 9.18 Å². The van der Waals surface area contributed by atoms with Crippen LogP contribution in [0.2, 0.25) is 0 Å². The topological polar surface area (TPSA) is 48.0 Å². The molecule has 0 aromatic heterocycles. The maximum atomic E-state index is 13.7. The summed E-state index contributed by atoms with van der Waals surface area (Å²) in [5, 5.41) is 0. The molecule has 27 heavy (non-hydrogen) atoms. The van der Waals surface area contributed by atoms with Gasteiger partial charge in [-0.3, -0.25) is 4.79 Å². The highest BCUT2D eigenvalue weighted by molar-refractivity contribution is 5.94. The number of amides is 1. The number of ether oxygens (including phenoxy) is 3. The lowest BCUT2D eigenvalue weighted by molar-refractivity contribution is 0.0493. The van der Waals surface area contributed by atoms with Gasteiger partial charge in [0.25, 0.3) is 5.91 Å². The smallest absolute Gasteiger partial charge is 0.254 e. The Morgan fingerprint density at radius 1 is 1.26 bits per heavy atom. The van der Waals surface area contributed by atoms with E-state index in [0.717, 1.165) is 25.2 Å². The van der Waals surface area contributed by atoms with Crippen LogP contribution in [0.15, 0.2) is 48.5 Å². The Hall–Kier alpha value is -2.60. The predicted molar refractivity (Wildman–Crippen MR) is 99.8 cm³/mol. The van der Waals surface area contributed by atoms with Gasteiger partial charge in [0.1, 0.15) is 12.4 Å². The zero-order valence-electron chi connectivity index (χ0n) is 15.4. The predicted octanol–water partition coefficient (Wildman–Crippen LogP) is 3.53. The minimum absolute atomic E-state index is 0.0213. The number of methoxy groups -OCH3 is 1. The van der Waals surface area contributed by atoms with E-state index in [1.807, 2.05) is 30.3 Å². The number of halogens is 1. The van der Waals surface area contributed by atoms with E-state index in [4.69, 9.17) is 14.2 Å². The van der Waals surface area contributed by atoms with E-state index in [1.165, 1.54) is 25.3 Å². The van der Waals surface area contributed by atoms with Crippen LogP contribution in [0.4, 0.5) is 4.39 Å². The minimum atomic E-state index is -0.493. The van der Waals surface area contributed by atoms with Crippen LogP contribution in [0.5, 0.6) is 11.5 Å². The SMILES string of the molecule is COc1cc(C(=O)N(CCOc2ccccc2)CC2CCCO2)ccc1F. The number of hydrogen-bond acceptors (Lipinski definition) is 4. The molecule has 1 unspecified atom stereocenters. The van der Waals surface area contributed by atoms with Gasteiger partial charge in [0.2, 0.25) is 0 Å². The molecule has 0 spiro atoms. The molecule has 0 bridgehead atoms. The lowest BCUT2D eigenvalue weighted by atomic mass is 10.1. The summed E-state index contributed by atoms with van der Waals surface area (Å²) in [5.74, 6) is 0.122. The number of nitrogens with zero attached hydrogens (tertiary/aromatic N) is 1. The Bertz CT molecular complexity index is 747. The fourth-order valence-electron chi connectivity index (χ4n) is 3.08. The third-order valence-electron chi connectivity index (χ3n) is 4.51. The zero-order valence-corrected chi connectivity index (χ0v) is 15.4. The molecule has 2 aromatic rings. The minimum Gasteiger partial charge on any atom is -0.494 e. The summed E-state index contributed by atoms with van der Waals surface area (Å²) < 4.78 is 30.1. The molecule has 1 aliphatic rings. The Morgan fingerprint density at radius 2 is 2.07 bits per heavy atom. The van der Waals surface area contributed by atoms with Crippen LogP contribution in [0.1, 0.15) is 23.2 Å². The second kappa shape index (κ2) is 9.37. The summed E-state index contributed by atoms with van der Waals surface area (Å²) in [5.41, 5.74) is 0.381. The lowest BCUT2D eigenvalue weighted by Crippen LogP contribution is -2.40. The molecule has 144 valence electrons. The van der Waals surface area contributed by atoms with Crippen molar-refractivity contribution in [1.82, 2.24) is 4.90 Å². The van der Waals surface area contributed by atoms with Gasteiger partial charge in [-0.15, -0.1) is 0 Å². The maximum Gasteiger partial charge on any atom is 0.254 e. The second-order valence-electron chi connectivity index (χ2n) is 6.40. The fraction of sp³-hybridized carbons (Fsp3) is 0.381. The highest BCUT2D eigenvalue weighted by Crippen LogP contribution is 2.21. The molecular weight excluding hydrogens is 349 g/mol. The van der Waals surface area contributed by atoms with Crippen molar-refractivity contribution in [3.8, 4) is 11.5 Å². The molecule has 1 heterocycles. The first-order chi connectivity index (χ1) is 13.2. The van der Waals surface area contributed by atoms with Crippen molar-refractivity contribution in [1.29, 1.82) is 0 Å². The van der Waals surface area contributed by atoms with E-state index in [0.29, 0.717) is 25.3 Å².